The average Bonchev–Trinajstić information content (AvgIpc) is 2.80. The third-order valence-electron chi connectivity index (χ3n) is 3.79. The summed E-state index contributed by atoms with van der Waals surface area (Å²) in [6.45, 7) is 12.2. The van der Waals surface area contributed by atoms with Crippen molar-refractivity contribution in [1.29, 1.82) is 0 Å². The zero-order valence-electron chi connectivity index (χ0n) is 13.6. The van der Waals surface area contributed by atoms with Crippen molar-refractivity contribution < 1.29 is 4.79 Å². The number of hydrogen-bond donors (Lipinski definition) is 1. The number of nitrogens with one attached hydrogen (secondary N) is 1. The fourth-order valence-electron chi connectivity index (χ4n) is 2.16. The summed E-state index contributed by atoms with van der Waals surface area (Å²) in [5.41, 5.74) is 2.25. The number of nitrogens with zero attached hydrogens (tertiary/aromatic N) is 3. The lowest BCUT2D eigenvalue weighted by molar-refractivity contribution is 0.0932. The molecule has 114 valence electrons. The first-order chi connectivity index (χ1) is 9.81. The number of pyridine rings is 1. The first-order valence-corrected chi connectivity index (χ1v) is 7.47. The van der Waals surface area contributed by atoms with Crippen LogP contribution < -0.4 is 5.32 Å². The number of rotatable bonds is 4. The van der Waals surface area contributed by atoms with Crippen molar-refractivity contribution in [1.82, 2.24) is 20.1 Å². The Labute approximate surface area is 125 Å². The smallest absolute Gasteiger partial charge is 0.252 e. The van der Waals surface area contributed by atoms with Gasteiger partial charge in [-0.2, -0.15) is 5.10 Å². The van der Waals surface area contributed by atoms with Gasteiger partial charge in [-0.25, -0.2) is 9.67 Å². The Bertz CT molecular complexity index is 658. The molecule has 0 fully saturated rings. The van der Waals surface area contributed by atoms with E-state index in [1.807, 2.05) is 24.6 Å². The molecule has 2 rings (SSSR count). The Balaban J connectivity index is 2.46. The lowest BCUT2D eigenvalue weighted by Crippen LogP contribution is -2.36. The van der Waals surface area contributed by atoms with Gasteiger partial charge in [0.2, 0.25) is 0 Å². The van der Waals surface area contributed by atoms with Crippen LogP contribution in [0.5, 0.6) is 0 Å². The van der Waals surface area contributed by atoms with E-state index >= 15 is 0 Å². The number of hydrogen-bond acceptors (Lipinski definition) is 3. The molecule has 0 bridgehead atoms. The van der Waals surface area contributed by atoms with Crippen LogP contribution in [-0.4, -0.2) is 26.7 Å². The van der Waals surface area contributed by atoms with E-state index in [-0.39, 0.29) is 18.0 Å². The van der Waals surface area contributed by atoms with Gasteiger partial charge in [-0.05, 0) is 39.7 Å². The maximum Gasteiger partial charge on any atom is 0.252 e. The highest BCUT2D eigenvalue weighted by Crippen LogP contribution is 2.21. The maximum absolute atomic E-state index is 12.5. The van der Waals surface area contributed by atoms with Crippen LogP contribution in [0.25, 0.3) is 11.0 Å². The molecule has 2 aromatic rings. The van der Waals surface area contributed by atoms with Gasteiger partial charge in [0, 0.05) is 17.8 Å². The van der Waals surface area contributed by atoms with E-state index in [9.17, 15) is 4.79 Å². The minimum absolute atomic E-state index is 0.0602. The van der Waals surface area contributed by atoms with Crippen molar-refractivity contribution in [2.75, 3.05) is 0 Å². The second-order valence-corrected chi connectivity index (χ2v) is 6.24. The average molecular weight is 288 g/mol. The Morgan fingerprint density at radius 3 is 2.48 bits per heavy atom. The molecule has 0 radical (unpaired) electrons. The van der Waals surface area contributed by atoms with E-state index in [0.29, 0.717) is 11.5 Å². The largest absolute Gasteiger partial charge is 0.349 e. The summed E-state index contributed by atoms with van der Waals surface area (Å²) in [5, 5.41) is 8.23. The SMILES string of the molecule is Cc1cc(C(=O)NC(C)C(C)C)c2cnn(C(C)C)c2n1. The normalized spacial score (nSPS) is 13.1. The van der Waals surface area contributed by atoms with Crippen molar-refractivity contribution >= 4 is 16.9 Å². The third kappa shape index (κ3) is 3.06. The van der Waals surface area contributed by atoms with Gasteiger partial charge in [0.05, 0.1) is 17.1 Å². The zero-order chi connectivity index (χ0) is 15.7. The van der Waals surface area contributed by atoms with Gasteiger partial charge >= 0.3 is 0 Å². The van der Waals surface area contributed by atoms with Crippen LogP contribution in [0.1, 0.15) is 56.7 Å². The molecule has 5 heteroatoms. The molecule has 1 N–H and O–H groups in total. The Kier molecular flexibility index (Phi) is 4.30. The first-order valence-electron chi connectivity index (χ1n) is 7.47. The van der Waals surface area contributed by atoms with E-state index in [4.69, 9.17) is 0 Å². The quantitative estimate of drug-likeness (QED) is 0.940. The Hall–Kier alpha value is -1.91. The maximum atomic E-state index is 12.5. The summed E-state index contributed by atoms with van der Waals surface area (Å²) in [5.74, 6) is 0.334. The van der Waals surface area contributed by atoms with Crippen molar-refractivity contribution in [3.8, 4) is 0 Å². The van der Waals surface area contributed by atoms with Crippen molar-refractivity contribution in [2.45, 2.75) is 53.6 Å². The number of carbonyl (C=O) groups excluding carboxylic acids is 1. The predicted octanol–water partition coefficient (Wildman–Crippen LogP) is 3.09. The molecular weight excluding hydrogens is 264 g/mol. The first kappa shape index (κ1) is 15.5. The molecular formula is C16H24N4O. The molecule has 0 aromatic carbocycles. The number of fused-ring (bicyclic) bond motifs is 1. The molecule has 2 heterocycles. The van der Waals surface area contributed by atoms with Crippen molar-refractivity contribution in [3.63, 3.8) is 0 Å². The van der Waals surface area contributed by atoms with Gasteiger partial charge in [0.15, 0.2) is 5.65 Å². The van der Waals surface area contributed by atoms with Crippen LogP contribution in [0.2, 0.25) is 0 Å². The van der Waals surface area contributed by atoms with E-state index in [0.717, 1.165) is 16.7 Å². The minimum atomic E-state index is -0.0602. The third-order valence-corrected chi connectivity index (χ3v) is 3.79. The number of aryl methyl sites for hydroxylation is 1. The zero-order valence-corrected chi connectivity index (χ0v) is 13.6. The molecule has 0 spiro atoms. The van der Waals surface area contributed by atoms with Crippen molar-refractivity contribution in [2.24, 2.45) is 5.92 Å². The molecule has 1 unspecified atom stereocenters. The van der Waals surface area contributed by atoms with Crippen LogP contribution in [-0.2, 0) is 0 Å². The minimum Gasteiger partial charge on any atom is -0.349 e. The molecule has 2 aromatic heterocycles. The van der Waals surface area contributed by atoms with E-state index in [1.165, 1.54) is 0 Å². The molecule has 0 aliphatic rings. The second kappa shape index (κ2) is 5.84. The fraction of sp³-hybridized carbons (Fsp3) is 0.562. The summed E-state index contributed by atoms with van der Waals surface area (Å²) in [6, 6.07) is 2.17. The van der Waals surface area contributed by atoms with Gasteiger partial charge in [-0.1, -0.05) is 13.8 Å². The van der Waals surface area contributed by atoms with E-state index < -0.39 is 0 Å². The Morgan fingerprint density at radius 2 is 1.90 bits per heavy atom. The molecule has 0 saturated heterocycles. The summed E-state index contributed by atoms with van der Waals surface area (Å²) in [7, 11) is 0. The summed E-state index contributed by atoms with van der Waals surface area (Å²) < 4.78 is 1.85. The molecule has 5 nitrogen and oxygen atoms in total. The summed E-state index contributed by atoms with van der Waals surface area (Å²) in [6.07, 6.45) is 1.73. The summed E-state index contributed by atoms with van der Waals surface area (Å²) in [4.78, 5) is 17.1. The van der Waals surface area contributed by atoms with Gasteiger partial charge < -0.3 is 5.32 Å². The fourth-order valence-corrected chi connectivity index (χ4v) is 2.16. The van der Waals surface area contributed by atoms with Crippen LogP contribution in [0.4, 0.5) is 0 Å². The molecule has 1 amide bonds. The number of aromatic nitrogens is 3. The number of carbonyl (C=O) groups is 1. The highest BCUT2D eigenvalue weighted by molar-refractivity contribution is 6.05. The molecule has 0 aliphatic carbocycles. The van der Waals surface area contributed by atoms with Gasteiger partial charge in [-0.15, -0.1) is 0 Å². The van der Waals surface area contributed by atoms with Crippen LogP contribution in [0.3, 0.4) is 0 Å². The molecule has 0 saturated carbocycles. The highest BCUT2D eigenvalue weighted by Gasteiger charge is 2.18. The standard InChI is InChI=1S/C16H24N4O/c1-9(2)12(6)19-16(21)13-7-11(5)18-15-14(13)8-17-20(15)10(3)4/h7-10,12H,1-6H3,(H,19,21). The van der Waals surface area contributed by atoms with Crippen LogP contribution >= 0.6 is 0 Å². The van der Waals surface area contributed by atoms with Gasteiger partial charge in [-0.3, -0.25) is 4.79 Å². The lowest BCUT2D eigenvalue weighted by atomic mass is 10.1. The lowest BCUT2D eigenvalue weighted by Gasteiger charge is -2.18. The molecule has 21 heavy (non-hydrogen) atoms. The topological polar surface area (TPSA) is 59.8 Å². The molecule has 0 aliphatic heterocycles. The van der Waals surface area contributed by atoms with Crippen molar-refractivity contribution in [3.05, 3.63) is 23.5 Å². The van der Waals surface area contributed by atoms with E-state index in [1.54, 1.807) is 6.20 Å². The predicted molar refractivity (Wildman–Crippen MR) is 84.4 cm³/mol. The Morgan fingerprint density at radius 1 is 1.24 bits per heavy atom. The van der Waals surface area contributed by atoms with Gasteiger partial charge in [0.25, 0.3) is 5.91 Å². The second-order valence-electron chi connectivity index (χ2n) is 6.24. The van der Waals surface area contributed by atoms with Gasteiger partial charge in [0.1, 0.15) is 0 Å². The monoisotopic (exact) mass is 288 g/mol. The molecule has 1 atom stereocenters. The summed E-state index contributed by atoms with van der Waals surface area (Å²) >= 11 is 0. The van der Waals surface area contributed by atoms with Crippen LogP contribution in [0.15, 0.2) is 12.3 Å². The number of amides is 1. The highest BCUT2D eigenvalue weighted by atomic mass is 16.1. The van der Waals surface area contributed by atoms with Crippen LogP contribution in [0, 0.1) is 12.8 Å². The van der Waals surface area contributed by atoms with E-state index in [2.05, 4.69) is 43.1 Å².